The normalized spacial score (nSPS) is 15.2. The molecule has 0 aromatic carbocycles. The van der Waals surface area contributed by atoms with Crippen LogP contribution in [-0.2, 0) is 0 Å². The molecule has 0 spiro atoms. The quantitative estimate of drug-likeness (QED) is 0.670. The smallest absolute Gasteiger partial charge is 0.0141 e. The average Bonchev–Trinajstić information content (AvgIpc) is 1.99. The Morgan fingerprint density at radius 2 is 1.67 bits per heavy atom. The molecule has 0 amide bonds. The molecule has 0 aliphatic heterocycles. The molecule has 0 rings (SSSR count). The lowest BCUT2D eigenvalue weighted by atomic mass is 9.76. The highest BCUT2D eigenvalue weighted by molar-refractivity contribution is 4.84. The van der Waals surface area contributed by atoms with Gasteiger partial charge in [-0.25, -0.2) is 0 Å². The van der Waals surface area contributed by atoms with Gasteiger partial charge >= 0.3 is 0 Å². The zero-order chi connectivity index (χ0) is 9.78. The maximum absolute atomic E-state index is 3.57. The van der Waals surface area contributed by atoms with Crippen LogP contribution in [0.5, 0.6) is 0 Å². The summed E-state index contributed by atoms with van der Waals surface area (Å²) in [5.74, 6) is 0.722. The van der Waals surface area contributed by atoms with E-state index in [1.165, 1.54) is 6.42 Å². The predicted octanol–water partition coefficient (Wildman–Crippen LogP) is 3.06. The van der Waals surface area contributed by atoms with Crippen molar-refractivity contribution in [2.75, 3.05) is 6.54 Å². The van der Waals surface area contributed by atoms with Gasteiger partial charge in [0.25, 0.3) is 0 Å². The third kappa shape index (κ3) is 3.14. The van der Waals surface area contributed by atoms with Gasteiger partial charge in [0.15, 0.2) is 0 Å². The third-order valence-electron chi connectivity index (χ3n) is 2.84. The molecule has 0 aliphatic rings. The van der Waals surface area contributed by atoms with E-state index in [2.05, 4.69) is 46.9 Å². The van der Waals surface area contributed by atoms with Crippen LogP contribution in [0.1, 0.15) is 48.0 Å². The molecule has 0 heterocycles. The fourth-order valence-electron chi connectivity index (χ4n) is 1.85. The van der Waals surface area contributed by atoms with Gasteiger partial charge in [-0.2, -0.15) is 0 Å². The van der Waals surface area contributed by atoms with Gasteiger partial charge in [0.2, 0.25) is 0 Å². The molecule has 0 saturated carbocycles. The standard InChI is InChI=1S/C11H25N/c1-7-11(5,6)10(9(3)4)12-8-2/h9-10,12H,7-8H2,1-6H3. The fourth-order valence-corrected chi connectivity index (χ4v) is 1.85. The molecule has 1 atom stereocenters. The molecule has 0 saturated heterocycles. The lowest BCUT2D eigenvalue weighted by Gasteiger charge is -2.37. The van der Waals surface area contributed by atoms with Gasteiger partial charge < -0.3 is 5.32 Å². The van der Waals surface area contributed by atoms with E-state index < -0.39 is 0 Å². The Morgan fingerprint density at radius 1 is 1.17 bits per heavy atom. The van der Waals surface area contributed by atoms with E-state index in [0.29, 0.717) is 11.5 Å². The summed E-state index contributed by atoms with van der Waals surface area (Å²) >= 11 is 0. The van der Waals surface area contributed by atoms with Crippen LogP contribution in [0.25, 0.3) is 0 Å². The summed E-state index contributed by atoms with van der Waals surface area (Å²) in [6.07, 6.45) is 1.24. The van der Waals surface area contributed by atoms with E-state index >= 15 is 0 Å². The molecule has 1 nitrogen and oxygen atoms in total. The Hall–Kier alpha value is -0.0400. The molecular weight excluding hydrogens is 146 g/mol. The second-order valence-electron chi connectivity index (χ2n) is 4.62. The lowest BCUT2D eigenvalue weighted by Crippen LogP contribution is -2.45. The van der Waals surface area contributed by atoms with Crippen molar-refractivity contribution in [2.24, 2.45) is 11.3 Å². The Balaban J connectivity index is 4.27. The van der Waals surface area contributed by atoms with Gasteiger partial charge in [-0.05, 0) is 24.3 Å². The van der Waals surface area contributed by atoms with E-state index in [9.17, 15) is 0 Å². The maximum Gasteiger partial charge on any atom is 0.0141 e. The van der Waals surface area contributed by atoms with Crippen LogP contribution in [0.2, 0.25) is 0 Å². The van der Waals surface area contributed by atoms with Gasteiger partial charge in [-0.1, -0.05) is 41.5 Å². The number of hydrogen-bond acceptors (Lipinski definition) is 1. The molecule has 74 valence electrons. The molecule has 1 unspecified atom stereocenters. The van der Waals surface area contributed by atoms with E-state index in [1.54, 1.807) is 0 Å². The van der Waals surface area contributed by atoms with Crippen molar-refractivity contribution in [1.29, 1.82) is 0 Å². The van der Waals surface area contributed by atoms with Gasteiger partial charge in [-0.3, -0.25) is 0 Å². The molecule has 1 N–H and O–H groups in total. The van der Waals surface area contributed by atoms with Crippen LogP contribution >= 0.6 is 0 Å². The van der Waals surface area contributed by atoms with E-state index in [0.717, 1.165) is 12.5 Å². The molecule has 0 aromatic rings. The topological polar surface area (TPSA) is 12.0 Å². The first-order valence-electron chi connectivity index (χ1n) is 5.19. The number of rotatable bonds is 5. The van der Waals surface area contributed by atoms with Crippen LogP contribution in [0.4, 0.5) is 0 Å². The molecular formula is C11H25N. The van der Waals surface area contributed by atoms with Crippen molar-refractivity contribution in [3.63, 3.8) is 0 Å². The summed E-state index contributed by atoms with van der Waals surface area (Å²) in [5.41, 5.74) is 0.421. The van der Waals surface area contributed by atoms with Gasteiger partial charge in [-0.15, -0.1) is 0 Å². The highest BCUT2D eigenvalue weighted by atomic mass is 14.9. The third-order valence-corrected chi connectivity index (χ3v) is 2.84. The summed E-state index contributed by atoms with van der Waals surface area (Å²) in [5, 5.41) is 3.57. The van der Waals surface area contributed by atoms with Gasteiger partial charge in [0.05, 0.1) is 0 Å². The Bertz CT molecular complexity index is 116. The number of hydrogen-bond donors (Lipinski definition) is 1. The zero-order valence-corrected chi connectivity index (χ0v) is 9.57. The molecule has 0 bridgehead atoms. The lowest BCUT2D eigenvalue weighted by molar-refractivity contribution is 0.186. The first-order valence-corrected chi connectivity index (χ1v) is 5.19. The van der Waals surface area contributed by atoms with E-state index in [-0.39, 0.29) is 0 Å². The Labute approximate surface area is 77.9 Å². The Morgan fingerprint density at radius 3 is 1.92 bits per heavy atom. The maximum atomic E-state index is 3.57. The average molecular weight is 171 g/mol. The first-order chi connectivity index (χ1) is 5.45. The molecule has 0 aromatic heterocycles. The molecule has 0 aliphatic carbocycles. The van der Waals surface area contributed by atoms with Crippen molar-refractivity contribution in [2.45, 2.75) is 54.0 Å². The number of nitrogens with one attached hydrogen (secondary N) is 1. The molecule has 1 heteroatoms. The van der Waals surface area contributed by atoms with E-state index in [4.69, 9.17) is 0 Å². The second kappa shape index (κ2) is 4.86. The molecule has 0 radical (unpaired) electrons. The minimum atomic E-state index is 0.421. The van der Waals surface area contributed by atoms with Crippen molar-refractivity contribution in [3.8, 4) is 0 Å². The van der Waals surface area contributed by atoms with Crippen molar-refractivity contribution in [3.05, 3.63) is 0 Å². The van der Waals surface area contributed by atoms with E-state index in [1.807, 2.05) is 0 Å². The van der Waals surface area contributed by atoms with Crippen LogP contribution in [0, 0.1) is 11.3 Å². The zero-order valence-electron chi connectivity index (χ0n) is 9.57. The van der Waals surface area contributed by atoms with Crippen LogP contribution in [0.15, 0.2) is 0 Å². The van der Waals surface area contributed by atoms with Crippen molar-refractivity contribution < 1.29 is 0 Å². The van der Waals surface area contributed by atoms with Crippen LogP contribution < -0.4 is 5.32 Å². The largest absolute Gasteiger partial charge is 0.313 e. The first kappa shape index (κ1) is 12.0. The molecule has 0 fully saturated rings. The second-order valence-corrected chi connectivity index (χ2v) is 4.62. The fraction of sp³-hybridized carbons (Fsp3) is 1.00. The van der Waals surface area contributed by atoms with Crippen LogP contribution in [0.3, 0.4) is 0 Å². The summed E-state index contributed by atoms with van der Waals surface area (Å²) in [6, 6.07) is 0.646. The highest BCUT2D eigenvalue weighted by Crippen LogP contribution is 2.29. The SMILES string of the molecule is CCNC(C(C)C)C(C)(C)CC. The summed E-state index contributed by atoms with van der Waals surface area (Å²) < 4.78 is 0. The minimum absolute atomic E-state index is 0.421. The van der Waals surface area contributed by atoms with Crippen LogP contribution in [-0.4, -0.2) is 12.6 Å². The summed E-state index contributed by atoms with van der Waals surface area (Å²) in [4.78, 5) is 0. The van der Waals surface area contributed by atoms with Crippen molar-refractivity contribution in [1.82, 2.24) is 5.32 Å². The molecule has 12 heavy (non-hydrogen) atoms. The Kier molecular flexibility index (Phi) is 4.84. The van der Waals surface area contributed by atoms with Crippen molar-refractivity contribution >= 4 is 0 Å². The minimum Gasteiger partial charge on any atom is -0.313 e. The van der Waals surface area contributed by atoms with Gasteiger partial charge in [0, 0.05) is 6.04 Å². The van der Waals surface area contributed by atoms with Gasteiger partial charge in [0.1, 0.15) is 0 Å². The monoisotopic (exact) mass is 171 g/mol. The summed E-state index contributed by atoms with van der Waals surface area (Å²) in [6.45, 7) is 14.8. The summed E-state index contributed by atoms with van der Waals surface area (Å²) in [7, 11) is 0. The highest BCUT2D eigenvalue weighted by Gasteiger charge is 2.28. The predicted molar refractivity (Wildman–Crippen MR) is 56.4 cm³/mol.